The minimum atomic E-state index is -3.84. The van der Waals surface area contributed by atoms with Crippen LogP contribution in [0.2, 0.25) is 5.02 Å². The van der Waals surface area contributed by atoms with Crippen LogP contribution in [0, 0.1) is 14.0 Å². The van der Waals surface area contributed by atoms with E-state index < -0.39 is 10.1 Å². The molecular formula is C8H7ClO3S. The number of benzene rings is 1. The van der Waals surface area contributed by atoms with E-state index in [1.54, 1.807) is 13.0 Å². The van der Waals surface area contributed by atoms with Crippen LogP contribution < -0.4 is 0 Å². The van der Waals surface area contributed by atoms with Gasteiger partial charge in [0.25, 0.3) is 10.1 Å². The third kappa shape index (κ3) is 2.21. The highest BCUT2D eigenvalue weighted by Crippen LogP contribution is 2.20. The SMILES string of the molecule is [CH]OS(=O)(=O)c1ccc(C)c(Cl)c1. The molecule has 1 aromatic carbocycles. The maximum absolute atomic E-state index is 11.1. The maximum atomic E-state index is 11.1. The summed E-state index contributed by atoms with van der Waals surface area (Å²) in [6, 6.07) is 4.25. The molecule has 0 aliphatic rings. The Morgan fingerprint density at radius 3 is 2.54 bits per heavy atom. The van der Waals surface area contributed by atoms with Gasteiger partial charge >= 0.3 is 0 Å². The Balaban J connectivity index is 3.27. The van der Waals surface area contributed by atoms with Crippen molar-refractivity contribution >= 4 is 21.7 Å². The lowest BCUT2D eigenvalue weighted by atomic mass is 10.2. The van der Waals surface area contributed by atoms with Gasteiger partial charge in [0.05, 0.1) is 4.90 Å². The fraction of sp³-hybridized carbons (Fsp3) is 0.125. The molecule has 0 bridgehead atoms. The Morgan fingerprint density at radius 2 is 2.08 bits per heavy atom. The summed E-state index contributed by atoms with van der Waals surface area (Å²) in [5.74, 6) is 0. The van der Waals surface area contributed by atoms with Gasteiger partial charge in [-0.1, -0.05) is 17.7 Å². The lowest BCUT2D eigenvalue weighted by Crippen LogP contribution is -2.01. The maximum Gasteiger partial charge on any atom is 0.297 e. The molecule has 0 fully saturated rings. The van der Waals surface area contributed by atoms with Crippen molar-refractivity contribution in [3.63, 3.8) is 0 Å². The Kier molecular flexibility index (Phi) is 2.95. The normalized spacial score (nSPS) is 11.6. The van der Waals surface area contributed by atoms with Crippen LogP contribution in [-0.4, -0.2) is 8.42 Å². The molecule has 0 aromatic heterocycles. The van der Waals surface area contributed by atoms with E-state index in [1.807, 2.05) is 0 Å². The van der Waals surface area contributed by atoms with Gasteiger partial charge < -0.3 is 0 Å². The summed E-state index contributed by atoms with van der Waals surface area (Å²) in [4.78, 5) is -0.0504. The van der Waals surface area contributed by atoms with Crippen LogP contribution in [0.1, 0.15) is 5.56 Å². The zero-order valence-corrected chi connectivity index (χ0v) is 8.39. The number of rotatable bonds is 2. The first kappa shape index (κ1) is 10.5. The van der Waals surface area contributed by atoms with E-state index in [9.17, 15) is 8.42 Å². The lowest BCUT2D eigenvalue weighted by Gasteiger charge is -2.02. The highest BCUT2D eigenvalue weighted by atomic mass is 35.5. The van der Waals surface area contributed by atoms with Gasteiger partial charge in [0.2, 0.25) is 0 Å². The third-order valence-electron chi connectivity index (χ3n) is 1.56. The fourth-order valence-electron chi connectivity index (χ4n) is 0.785. The fourth-order valence-corrected chi connectivity index (χ4v) is 1.64. The summed E-state index contributed by atoms with van der Waals surface area (Å²) >= 11 is 5.72. The van der Waals surface area contributed by atoms with Crippen LogP contribution in [0.5, 0.6) is 0 Å². The average molecular weight is 219 g/mol. The van der Waals surface area contributed by atoms with Gasteiger partial charge in [-0.25, -0.2) is 0 Å². The summed E-state index contributed by atoms with van der Waals surface area (Å²) in [7, 11) is 0.751. The third-order valence-corrected chi connectivity index (χ3v) is 3.05. The van der Waals surface area contributed by atoms with E-state index in [0.717, 1.165) is 5.56 Å². The van der Waals surface area contributed by atoms with Gasteiger partial charge in [-0.05, 0) is 24.6 Å². The highest BCUT2D eigenvalue weighted by molar-refractivity contribution is 7.86. The number of halogens is 1. The van der Waals surface area contributed by atoms with E-state index in [4.69, 9.17) is 11.6 Å². The smallest absolute Gasteiger partial charge is 0.257 e. The topological polar surface area (TPSA) is 43.4 Å². The van der Waals surface area contributed by atoms with Crippen LogP contribution in [0.15, 0.2) is 23.1 Å². The molecule has 0 unspecified atom stereocenters. The van der Waals surface area contributed by atoms with Gasteiger partial charge in [-0.3, -0.25) is 4.18 Å². The second kappa shape index (κ2) is 3.65. The quantitative estimate of drug-likeness (QED) is 0.714. The molecule has 70 valence electrons. The van der Waals surface area contributed by atoms with Crippen molar-refractivity contribution in [1.82, 2.24) is 0 Å². The first-order valence-electron chi connectivity index (χ1n) is 3.37. The molecule has 0 amide bonds. The molecule has 0 saturated carbocycles. The Morgan fingerprint density at radius 1 is 1.46 bits per heavy atom. The highest BCUT2D eigenvalue weighted by Gasteiger charge is 2.13. The molecule has 0 aliphatic heterocycles. The summed E-state index contributed by atoms with van der Waals surface area (Å²) < 4.78 is 25.9. The Bertz CT molecular complexity index is 411. The van der Waals surface area contributed by atoms with Crippen LogP contribution in [0.3, 0.4) is 0 Å². The van der Waals surface area contributed by atoms with Crippen molar-refractivity contribution in [2.75, 3.05) is 0 Å². The number of aryl methyl sites for hydroxylation is 1. The summed E-state index contributed by atoms with van der Waals surface area (Å²) in [6.07, 6.45) is 0. The molecule has 0 spiro atoms. The van der Waals surface area contributed by atoms with E-state index in [2.05, 4.69) is 11.3 Å². The predicted molar refractivity (Wildman–Crippen MR) is 48.8 cm³/mol. The first-order valence-corrected chi connectivity index (χ1v) is 5.15. The van der Waals surface area contributed by atoms with Crippen molar-refractivity contribution < 1.29 is 12.6 Å². The lowest BCUT2D eigenvalue weighted by molar-refractivity contribution is 0.438. The molecule has 1 aromatic rings. The standard InChI is InChI=1S/C8H7ClO3S/c1-6-3-4-7(5-8(6)9)13(10,11)12-2/h2-5H,1H3. The number of hydrogen-bond donors (Lipinski definition) is 0. The molecule has 0 atom stereocenters. The van der Waals surface area contributed by atoms with Crippen LogP contribution in [-0.2, 0) is 14.3 Å². The van der Waals surface area contributed by atoms with E-state index in [0.29, 0.717) is 5.02 Å². The van der Waals surface area contributed by atoms with Gasteiger partial charge in [0.1, 0.15) is 7.11 Å². The molecule has 0 N–H and O–H groups in total. The van der Waals surface area contributed by atoms with E-state index in [-0.39, 0.29) is 4.90 Å². The average Bonchev–Trinajstić information content (AvgIpc) is 2.09. The van der Waals surface area contributed by atoms with Crippen LogP contribution in [0.25, 0.3) is 0 Å². The second-order valence-corrected chi connectivity index (χ2v) is 4.44. The minimum absolute atomic E-state index is 0.0504. The number of hydrogen-bond acceptors (Lipinski definition) is 3. The molecule has 0 heterocycles. The van der Waals surface area contributed by atoms with Crippen molar-refractivity contribution in [3.05, 3.63) is 35.9 Å². The zero-order chi connectivity index (χ0) is 10.1. The summed E-state index contributed by atoms with van der Waals surface area (Å²) in [5, 5.41) is 0.359. The monoisotopic (exact) mass is 218 g/mol. The molecule has 1 rings (SSSR count). The second-order valence-electron chi connectivity index (χ2n) is 2.46. The first-order chi connectivity index (χ1) is 5.97. The molecule has 5 heteroatoms. The van der Waals surface area contributed by atoms with Crippen LogP contribution >= 0.6 is 11.6 Å². The van der Waals surface area contributed by atoms with Gasteiger partial charge in [-0.15, -0.1) is 0 Å². The largest absolute Gasteiger partial charge is 0.297 e. The van der Waals surface area contributed by atoms with Gasteiger partial charge in [0.15, 0.2) is 0 Å². The molecule has 2 radical (unpaired) electrons. The Labute approximate surface area is 82.4 Å². The Hall–Kier alpha value is -0.580. The summed E-state index contributed by atoms with van der Waals surface area (Å²) in [5.41, 5.74) is 0.789. The van der Waals surface area contributed by atoms with Gasteiger partial charge in [-0.2, -0.15) is 8.42 Å². The van der Waals surface area contributed by atoms with E-state index >= 15 is 0 Å². The van der Waals surface area contributed by atoms with Crippen molar-refractivity contribution in [2.45, 2.75) is 11.8 Å². The molecule has 0 aliphatic carbocycles. The molecule has 0 saturated heterocycles. The van der Waals surface area contributed by atoms with Crippen molar-refractivity contribution in [3.8, 4) is 0 Å². The summed E-state index contributed by atoms with van der Waals surface area (Å²) in [6.45, 7) is 1.77. The molecule has 3 nitrogen and oxygen atoms in total. The van der Waals surface area contributed by atoms with Crippen molar-refractivity contribution in [2.24, 2.45) is 0 Å². The molecular weight excluding hydrogens is 212 g/mol. The van der Waals surface area contributed by atoms with Crippen molar-refractivity contribution in [1.29, 1.82) is 0 Å². The predicted octanol–water partition coefficient (Wildman–Crippen LogP) is 2.02. The van der Waals surface area contributed by atoms with Gasteiger partial charge in [0, 0.05) is 5.02 Å². The minimum Gasteiger partial charge on any atom is -0.257 e. The van der Waals surface area contributed by atoms with Crippen LogP contribution in [0.4, 0.5) is 0 Å². The van der Waals surface area contributed by atoms with E-state index in [1.165, 1.54) is 12.1 Å². The zero-order valence-electron chi connectivity index (χ0n) is 6.82. The molecule has 13 heavy (non-hydrogen) atoms.